The van der Waals surface area contributed by atoms with Crippen LogP contribution in [0.4, 0.5) is 28.4 Å². The molecule has 12 rings (SSSR count). The van der Waals surface area contributed by atoms with Crippen molar-refractivity contribution in [2.75, 3.05) is 9.80 Å². The van der Waals surface area contributed by atoms with Gasteiger partial charge in [-0.2, -0.15) is 10.5 Å². The van der Waals surface area contributed by atoms with Crippen molar-refractivity contribution in [1.29, 1.82) is 10.5 Å². The Labute approximate surface area is 408 Å². The minimum Gasteiger partial charge on any atom is -0.334 e. The van der Waals surface area contributed by atoms with E-state index in [-0.39, 0.29) is 6.04 Å². The molecule has 0 saturated heterocycles. The molecule has 1 atom stereocenters. The number of benzene rings is 10. The summed E-state index contributed by atoms with van der Waals surface area (Å²) >= 11 is 0. The Hall–Kier alpha value is -9.22. The molecule has 4 nitrogen and oxygen atoms in total. The second-order valence-electron chi connectivity index (χ2n) is 18.2. The minimum atomic E-state index is -0.0775. The molecule has 10 aromatic rings. The first kappa shape index (κ1) is 42.2. The van der Waals surface area contributed by atoms with Crippen molar-refractivity contribution in [3.8, 4) is 45.5 Å². The first-order valence-corrected chi connectivity index (χ1v) is 24.0. The Balaban J connectivity index is 1.08. The molecular weight excluding hydrogens is 849 g/mol. The van der Waals surface area contributed by atoms with E-state index in [2.05, 4.69) is 234 Å². The van der Waals surface area contributed by atoms with Crippen LogP contribution in [0.2, 0.25) is 0 Å². The van der Waals surface area contributed by atoms with Crippen molar-refractivity contribution in [1.82, 2.24) is 0 Å². The Morgan fingerprint density at radius 2 is 1.01 bits per heavy atom. The second-order valence-corrected chi connectivity index (χ2v) is 18.2. The van der Waals surface area contributed by atoms with Crippen LogP contribution in [-0.2, 0) is 0 Å². The first-order valence-electron chi connectivity index (χ1n) is 24.0. The molecule has 1 unspecified atom stereocenters. The molecule has 330 valence electrons. The molecule has 2 aliphatic rings. The quantitative estimate of drug-likeness (QED) is 0.137. The number of nitriles is 2. The lowest BCUT2D eigenvalue weighted by Gasteiger charge is -2.37. The normalized spacial score (nSPS) is 13.8. The summed E-state index contributed by atoms with van der Waals surface area (Å²) in [6.45, 7) is 0. The van der Waals surface area contributed by atoms with Gasteiger partial charge in [0.1, 0.15) is 0 Å². The molecule has 0 aromatic heterocycles. The lowest BCUT2D eigenvalue weighted by atomic mass is 9.85. The van der Waals surface area contributed by atoms with Crippen molar-refractivity contribution < 1.29 is 0 Å². The molecule has 0 N–H and O–H groups in total. The van der Waals surface area contributed by atoms with Gasteiger partial charge in [-0.1, -0.05) is 146 Å². The Kier molecular flexibility index (Phi) is 10.9. The van der Waals surface area contributed by atoms with E-state index in [9.17, 15) is 10.5 Å². The lowest BCUT2D eigenvalue weighted by molar-refractivity contribution is 0.726. The van der Waals surface area contributed by atoms with Crippen molar-refractivity contribution in [2.45, 2.75) is 25.3 Å². The van der Waals surface area contributed by atoms with Gasteiger partial charge in [-0.25, -0.2) is 0 Å². The molecule has 0 radical (unpaired) electrons. The average Bonchev–Trinajstić information content (AvgIpc) is 3.44. The molecule has 10 aromatic carbocycles. The maximum Gasteiger partial charge on any atom is 0.0991 e. The number of rotatable bonds is 10. The minimum absolute atomic E-state index is 0.0775. The summed E-state index contributed by atoms with van der Waals surface area (Å²) < 4.78 is 0. The predicted molar refractivity (Wildman–Crippen MR) is 290 cm³/mol. The topological polar surface area (TPSA) is 54.1 Å². The Bertz CT molecular complexity index is 3750. The third-order valence-corrected chi connectivity index (χ3v) is 14.0. The second kappa shape index (κ2) is 18.1. The van der Waals surface area contributed by atoms with Crippen molar-refractivity contribution >= 4 is 61.6 Å². The lowest BCUT2D eigenvalue weighted by Crippen LogP contribution is -2.28. The SMILES string of the molecule is N#Cc1ccc(N(c2cc(C3=CC=CCC3)cc(-c3ccccc3)c2)c2ccc3ccc4c5c(ccc2c35)=CCC4N(c2ccc(C#N)cc2)c2cc(-c3ccccc3)cc(-c3ccccc3)c2)cc1. The molecule has 0 bridgehead atoms. The van der Waals surface area contributed by atoms with Gasteiger partial charge in [-0.05, 0) is 182 Å². The highest BCUT2D eigenvalue weighted by atomic mass is 15.2. The van der Waals surface area contributed by atoms with E-state index in [0.29, 0.717) is 11.1 Å². The van der Waals surface area contributed by atoms with Gasteiger partial charge in [-0.15, -0.1) is 0 Å². The standard InChI is InChI=1S/C66H46N4/c67-43-45-21-29-57(30-22-45)69(59-39-53(47-13-5-1-6-14-47)37-54(40-59)48-15-7-2-8-16-48)63-35-27-51-26-34-62-64(36-28-52-25-33-61(63)65(51)66(52)62)70(58-31-23-46(44-68)24-32-58)60-41-55(49-17-9-3-10-18-49)38-56(42-60)50-19-11-4-12-20-50/h1-11,13-19,21-34,36-42,63H,12,20,35H2. The van der Waals surface area contributed by atoms with E-state index in [4.69, 9.17) is 0 Å². The smallest absolute Gasteiger partial charge is 0.0991 e. The maximum atomic E-state index is 9.92. The summed E-state index contributed by atoms with van der Waals surface area (Å²) in [4.78, 5) is 4.87. The number of nitrogens with zero attached hydrogens (tertiary/aromatic N) is 4. The fourth-order valence-corrected chi connectivity index (χ4v) is 10.7. The van der Waals surface area contributed by atoms with Crippen LogP contribution >= 0.6 is 0 Å². The van der Waals surface area contributed by atoms with Gasteiger partial charge in [0.05, 0.1) is 35.0 Å². The van der Waals surface area contributed by atoms with E-state index >= 15 is 0 Å². The molecule has 4 heteroatoms. The molecule has 0 fully saturated rings. The summed E-state index contributed by atoms with van der Waals surface area (Å²) in [5, 5.41) is 25.8. The van der Waals surface area contributed by atoms with Gasteiger partial charge in [-0.3, -0.25) is 0 Å². The third kappa shape index (κ3) is 7.78. The number of hydrogen-bond acceptors (Lipinski definition) is 4. The highest BCUT2D eigenvalue weighted by molar-refractivity contribution is 6.17. The Morgan fingerprint density at radius 1 is 0.457 bits per heavy atom. The molecule has 0 aliphatic heterocycles. The number of allylic oxidation sites excluding steroid dienone is 4. The Morgan fingerprint density at radius 3 is 1.60 bits per heavy atom. The monoisotopic (exact) mass is 894 g/mol. The summed E-state index contributed by atoms with van der Waals surface area (Å²) in [7, 11) is 0. The van der Waals surface area contributed by atoms with E-state index in [0.717, 1.165) is 86.5 Å². The third-order valence-electron chi connectivity index (χ3n) is 14.0. The molecule has 70 heavy (non-hydrogen) atoms. The van der Waals surface area contributed by atoms with Gasteiger partial charge >= 0.3 is 0 Å². The van der Waals surface area contributed by atoms with Crippen LogP contribution < -0.4 is 15.0 Å². The van der Waals surface area contributed by atoms with Crippen LogP contribution in [0.3, 0.4) is 0 Å². The van der Waals surface area contributed by atoms with Crippen molar-refractivity contribution in [2.24, 2.45) is 0 Å². The summed E-state index contributed by atoms with van der Waals surface area (Å²) in [6.07, 6.45) is 11.8. The highest BCUT2D eigenvalue weighted by Gasteiger charge is 2.29. The molecule has 0 spiro atoms. The fraction of sp³-hybridized carbons (Fsp3) is 0.0606. The van der Waals surface area contributed by atoms with Crippen LogP contribution in [0, 0.1) is 22.7 Å². The average molecular weight is 895 g/mol. The molecule has 0 amide bonds. The van der Waals surface area contributed by atoms with Gasteiger partial charge in [0.2, 0.25) is 0 Å². The zero-order valence-corrected chi connectivity index (χ0v) is 38.5. The largest absolute Gasteiger partial charge is 0.334 e. The zero-order chi connectivity index (χ0) is 47.0. The molecule has 0 saturated carbocycles. The van der Waals surface area contributed by atoms with Crippen LogP contribution in [0.1, 0.15) is 47.6 Å². The van der Waals surface area contributed by atoms with Gasteiger partial charge in [0, 0.05) is 28.1 Å². The summed E-state index contributed by atoms with van der Waals surface area (Å²) in [5.74, 6) is 0. The maximum absolute atomic E-state index is 9.92. The highest BCUT2D eigenvalue weighted by Crippen LogP contribution is 2.48. The summed E-state index contributed by atoms with van der Waals surface area (Å²) in [6, 6.07) is 80.2. The zero-order valence-electron chi connectivity index (χ0n) is 38.5. The van der Waals surface area contributed by atoms with E-state index < -0.39 is 0 Å². The van der Waals surface area contributed by atoms with Gasteiger partial charge < -0.3 is 9.80 Å². The van der Waals surface area contributed by atoms with Crippen LogP contribution in [-0.4, -0.2) is 0 Å². The fourth-order valence-electron chi connectivity index (χ4n) is 10.7. The van der Waals surface area contributed by atoms with Crippen molar-refractivity contribution in [3.63, 3.8) is 0 Å². The van der Waals surface area contributed by atoms with Crippen LogP contribution in [0.25, 0.3) is 66.6 Å². The van der Waals surface area contributed by atoms with Gasteiger partial charge in [0.15, 0.2) is 0 Å². The van der Waals surface area contributed by atoms with Gasteiger partial charge in [0.25, 0.3) is 0 Å². The van der Waals surface area contributed by atoms with E-state index in [1.165, 1.54) is 38.1 Å². The predicted octanol–water partition coefficient (Wildman–Crippen LogP) is 16.7. The van der Waals surface area contributed by atoms with Crippen LogP contribution in [0.15, 0.2) is 231 Å². The van der Waals surface area contributed by atoms with E-state index in [1.807, 2.05) is 24.3 Å². The molecule has 2 aliphatic carbocycles. The number of hydrogen-bond donors (Lipinski definition) is 0. The van der Waals surface area contributed by atoms with Crippen LogP contribution in [0.5, 0.6) is 0 Å². The van der Waals surface area contributed by atoms with E-state index in [1.54, 1.807) is 0 Å². The molecule has 0 heterocycles. The number of anilines is 5. The van der Waals surface area contributed by atoms with Crippen molar-refractivity contribution in [3.05, 3.63) is 258 Å². The summed E-state index contributed by atoms with van der Waals surface area (Å²) in [5.41, 5.74) is 17.0. The first-order chi connectivity index (χ1) is 34.6. The molecular formula is C66H46N4.